The summed E-state index contributed by atoms with van der Waals surface area (Å²) in [6, 6.07) is 11.6. The Morgan fingerprint density at radius 3 is 2.38 bits per heavy atom. The maximum Gasteiger partial charge on any atom is 0.255 e. The van der Waals surface area contributed by atoms with Gasteiger partial charge in [0, 0.05) is 70.3 Å². The zero-order chi connectivity index (χ0) is 27.7. The molecule has 1 aromatic heterocycles. The molecule has 5 rings (SSSR count). The van der Waals surface area contributed by atoms with Crippen molar-refractivity contribution in [3.05, 3.63) is 69.1 Å². The van der Waals surface area contributed by atoms with Crippen LogP contribution in [0.4, 0.5) is 0 Å². The Morgan fingerprint density at radius 1 is 1.03 bits per heavy atom. The molecule has 8 heteroatoms. The molecule has 0 radical (unpaired) electrons. The summed E-state index contributed by atoms with van der Waals surface area (Å²) in [7, 11) is 1.71. The second kappa shape index (κ2) is 11.5. The Bertz CT molecular complexity index is 1290. The van der Waals surface area contributed by atoms with Crippen molar-refractivity contribution in [2.45, 2.75) is 52.0 Å². The largest absolute Gasteiger partial charge is 0.349 e. The number of benzene rings is 1. The molecule has 1 aromatic carbocycles. The third kappa shape index (κ3) is 5.86. The van der Waals surface area contributed by atoms with Crippen molar-refractivity contribution in [3.8, 4) is 0 Å². The predicted octanol–water partition coefficient (Wildman–Crippen LogP) is 3.01. The number of likely N-dealkylation sites (tertiary alicyclic amines) is 2. The number of amides is 2. The van der Waals surface area contributed by atoms with Gasteiger partial charge in [-0.05, 0) is 56.1 Å². The summed E-state index contributed by atoms with van der Waals surface area (Å²) in [4.78, 5) is 54.9. The molecule has 39 heavy (non-hydrogen) atoms. The molecule has 8 nitrogen and oxygen atoms in total. The highest BCUT2D eigenvalue weighted by Gasteiger charge is 2.42. The number of fused-ring (bicyclic) bond motifs is 1. The van der Waals surface area contributed by atoms with Crippen LogP contribution in [-0.4, -0.2) is 64.7 Å². The number of carbonyl (C=O) groups is 3. The number of pyridine rings is 1. The number of nitrogens with zero attached hydrogens (tertiary/aromatic N) is 3. The fourth-order valence-corrected chi connectivity index (χ4v) is 6.75. The lowest BCUT2D eigenvalue weighted by Gasteiger charge is -2.27. The Hall–Kier alpha value is -3.26. The molecule has 3 unspecified atom stereocenters. The van der Waals surface area contributed by atoms with E-state index in [1.54, 1.807) is 17.7 Å². The average molecular weight is 533 g/mol. The van der Waals surface area contributed by atoms with Gasteiger partial charge in [0.05, 0.1) is 11.6 Å². The van der Waals surface area contributed by atoms with Gasteiger partial charge in [0.1, 0.15) is 5.78 Å². The summed E-state index contributed by atoms with van der Waals surface area (Å²) in [6.45, 7) is 7.89. The van der Waals surface area contributed by atoms with Gasteiger partial charge in [-0.3, -0.25) is 19.2 Å². The van der Waals surface area contributed by atoms with Crippen LogP contribution in [0.2, 0.25) is 0 Å². The van der Waals surface area contributed by atoms with Gasteiger partial charge in [0.15, 0.2) is 0 Å². The van der Waals surface area contributed by atoms with Crippen LogP contribution in [0.25, 0.3) is 0 Å². The third-order valence-corrected chi connectivity index (χ3v) is 9.10. The van der Waals surface area contributed by atoms with E-state index in [0.29, 0.717) is 30.2 Å². The molecule has 2 amide bonds. The number of nitrogens with one attached hydrogen (secondary N) is 1. The molecule has 1 N–H and O–H groups in total. The van der Waals surface area contributed by atoms with Crippen LogP contribution in [0.3, 0.4) is 0 Å². The lowest BCUT2D eigenvalue weighted by Crippen LogP contribution is -2.38. The van der Waals surface area contributed by atoms with E-state index in [1.807, 2.05) is 36.9 Å². The minimum atomic E-state index is -0.216. The van der Waals surface area contributed by atoms with E-state index in [0.717, 1.165) is 68.8 Å². The minimum Gasteiger partial charge on any atom is -0.349 e. The van der Waals surface area contributed by atoms with Crippen LogP contribution in [0.5, 0.6) is 0 Å². The van der Waals surface area contributed by atoms with Crippen molar-refractivity contribution in [2.75, 3.05) is 32.7 Å². The lowest BCUT2D eigenvalue weighted by molar-refractivity contribution is -0.132. The fourth-order valence-electron chi connectivity index (χ4n) is 6.75. The minimum absolute atomic E-state index is 0.00616. The van der Waals surface area contributed by atoms with E-state index in [2.05, 4.69) is 22.3 Å². The van der Waals surface area contributed by atoms with Crippen LogP contribution in [0, 0.1) is 31.6 Å². The van der Waals surface area contributed by atoms with Crippen molar-refractivity contribution in [1.82, 2.24) is 19.7 Å². The number of hydrogen-bond acceptors (Lipinski definition) is 5. The van der Waals surface area contributed by atoms with E-state index in [-0.39, 0.29) is 35.1 Å². The van der Waals surface area contributed by atoms with Crippen molar-refractivity contribution in [2.24, 2.45) is 24.8 Å². The first-order valence-electron chi connectivity index (χ1n) is 14.3. The predicted molar refractivity (Wildman–Crippen MR) is 149 cm³/mol. The van der Waals surface area contributed by atoms with E-state index >= 15 is 0 Å². The van der Waals surface area contributed by atoms with Crippen molar-refractivity contribution < 1.29 is 14.4 Å². The number of carbonyl (C=O) groups excluding carboxylic acids is 3. The first-order chi connectivity index (χ1) is 18.7. The fraction of sp³-hybridized carbons (Fsp3) is 0.548. The number of aromatic nitrogens is 1. The third-order valence-electron chi connectivity index (χ3n) is 9.10. The molecule has 0 spiro atoms. The quantitative estimate of drug-likeness (QED) is 0.592. The van der Waals surface area contributed by atoms with Crippen molar-refractivity contribution in [1.29, 1.82) is 0 Å². The Labute approximate surface area is 230 Å². The van der Waals surface area contributed by atoms with Gasteiger partial charge in [0.25, 0.3) is 11.5 Å². The topological polar surface area (TPSA) is 91.7 Å². The van der Waals surface area contributed by atoms with Gasteiger partial charge in [-0.25, -0.2) is 0 Å². The summed E-state index contributed by atoms with van der Waals surface area (Å²) in [5.74, 6) is 0.852. The van der Waals surface area contributed by atoms with E-state index in [9.17, 15) is 19.2 Å². The highest BCUT2D eigenvalue weighted by atomic mass is 16.2. The highest BCUT2D eigenvalue weighted by molar-refractivity contribution is 5.97. The number of ketones is 1. The number of Topliss-reactive ketones (excluding diaryl/α,β-unsaturated/α-hetero) is 1. The monoisotopic (exact) mass is 532 g/mol. The molecule has 3 fully saturated rings. The summed E-state index contributed by atoms with van der Waals surface area (Å²) in [5.41, 5.74) is 3.11. The standard InChI is InChI=1S/C31H40N4O4/c1-20-14-28(37)33(3)21(2)29(20)31(39)35-18-24-16-34(17-25(24)19-35)13-12-27(22-8-5-4-6-9-22)32-30(38)23-10-7-11-26(36)15-23/h4-6,8-9,14,23-25,27H,7,10-13,15-19H2,1-3H3,(H,32,38)/t23?,24?,25?,27-/m0/s1. The first kappa shape index (κ1) is 27.3. The van der Waals surface area contributed by atoms with E-state index in [1.165, 1.54) is 0 Å². The molecular formula is C31H40N4O4. The Kier molecular flexibility index (Phi) is 8.03. The van der Waals surface area contributed by atoms with E-state index in [4.69, 9.17) is 0 Å². The van der Waals surface area contributed by atoms with Gasteiger partial charge in [-0.1, -0.05) is 30.3 Å². The van der Waals surface area contributed by atoms with Crippen LogP contribution < -0.4 is 10.9 Å². The van der Waals surface area contributed by atoms with Gasteiger partial charge in [-0.2, -0.15) is 0 Å². The molecule has 2 aromatic rings. The Morgan fingerprint density at radius 2 is 1.72 bits per heavy atom. The van der Waals surface area contributed by atoms with Crippen LogP contribution >= 0.6 is 0 Å². The summed E-state index contributed by atoms with van der Waals surface area (Å²) in [6.07, 6.45) is 3.33. The summed E-state index contributed by atoms with van der Waals surface area (Å²) >= 11 is 0. The van der Waals surface area contributed by atoms with Crippen molar-refractivity contribution >= 4 is 17.6 Å². The summed E-state index contributed by atoms with van der Waals surface area (Å²) in [5, 5.41) is 3.26. The molecule has 208 valence electrons. The zero-order valence-corrected chi connectivity index (χ0v) is 23.3. The summed E-state index contributed by atoms with van der Waals surface area (Å²) < 4.78 is 1.55. The van der Waals surface area contributed by atoms with Gasteiger partial charge in [0.2, 0.25) is 5.91 Å². The van der Waals surface area contributed by atoms with Crippen LogP contribution in [0.1, 0.15) is 65.3 Å². The first-order valence-corrected chi connectivity index (χ1v) is 14.3. The van der Waals surface area contributed by atoms with Gasteiger partial charge in [-0.15, -0.1) is 0 Å². The number of hydrogen-bond donors (Lipinski definition) is 1. The highest BCUT2D eigenvalue weighted by Crippen LogP contribution is 2.33. The maximum atomic E-state index is 13.4. The molecule has 1 aliphatic carbocycles. The van der Waals surface area contributed by atoms with Crippen molar-refractivity contribution in [3.63, 3.8) is 0 Å². The Balaban J connectivity index is 1.18. The number of aryl methyl sites for hydroxylation is 1. The number of rotatable bonds is 7. The molecule has 2 aliphatic heterocycles. The van der Waals surface area contributed by atoms with Crippen LogP contribution in [0.15, 0.2) is 41.2 Å². The molecule has 0 bridgehead atoms. The van der Waals surface area contributed by atoms with Gasteiger partial charge < -0.3 is 19.7 Å². The second-order valence-corrected chi connectivity index (χ2v) is 11.8. The van der Waals surface area contributed by atoms with E-state index < -0.39 is 0 Å². The molecule has 2 saturated heterocycles. The average Bonchev–Trinajstić information content (AvgIpc) is 3.49. The molecular weight excluding hydrogens is 492 g/mol. The lowest BCUT2D eigenvalue weighted by atomic mass is 9.87. The normalized spacial score (nSPS) is 24.0. The second-order valence-electron chi connectivity index (χ2n) is 11.8. The maximum absolute atomic E-state index is 13.4. The molecule has 3 aliphatic rings. The zero-order valence-electron chi connectivity index (χ0n) is 23.3. The molecule has 1 saturated carbocycles. The smallest absolute Gasteiger partial charge is 0.255 e. The SMILES string of the molecule is Cc1cc(=O)n(C)c(C)c1C(=O)N1CC2CN(CC[C@H](NC(=O)C3CCCC(=O)C3)c3ccccc3)CC2C1. The molecule has 4 atom stereocenters. The molecule has 3 heterocycles. The van der Waals surface area contributed by atoms with Gasteiger partial charge >= 0.3 is 0 Å². The van der Waals surface area contributed by atoms with Crippen LogP contribution in [-0.2, 0) is 16.6 Å².